The highest BCUT2D eigenvalue weighted by molar-refractivity contribution is 9.10. The lowest BCUT2D eigenvalue weighted by molar-refractivity contribution is -0.128. The number of carbonyl (C=O) groups is 1. The third-order valence-electron chi connectivity index (χ3n) is 2.55. The number of Topliss-reactive ketones (excluding diaryl/α,β-unsaturated/α-hetero) is 1. The quantitative estimate of drug-likeness (QED) is 0.857. The molecule has 1 aliphatic rings. The highest BCUT2D eigenvalue weighted by Crippen LogP contribution is 2.21. The molecule has 92 valence electrons. The molecule has 1 heterocycles. The maximum Gasteiger partial charge on any atom is 0.166 e. The number of benzene rings is 1. The van der Waals surface area contributed by atoms with Gasteiger partial charge in [0.2, 0.25) is 0 Å². The van der Waals surface area contributed by atoms with Crippen LogP contribution in [0.3, 0.4) is 0 Å². The van der Waals surface area contributed by atoms with E-state index in [0.29, 0.717) is 11.1 Å². The Hall–Kier alpha value is -0.390. The largest absolute Gasteiger partial charge is 0.369 e. The Morgan fingerprint density at radius 2 is 2.41 bits per heavy atom. The normalized spacial score (nSPS) is 20.2. The molecule has 1 aromatic rings. The first kappa shape index (κ1) is 13.1. The second kappa shape index (κ2) is 5.98. The predicted molar refractivity (Wildman–Crippen MR) is 69.9 cm³/mol. The number of rotatable bonds is 3. The Labute approximate surface area is 112 Å². The van der Waals surface area contributed by atoms with Gasteiger partial charge in [0.1, 0.15) is 11.9 Å². The van der Waals surface area contributed by atoms with Crippen LogP contribution in [0.2, 0.25) is 0 Å². The second-order valence-corrected chi connectivity index (χ2v) is 5.82. The van der Waals surface area contributed by atoms with Crippen molar-refractivity contribution in [3.8, 4) is 0 Å². The van der Waals surface area contributed by atoms with Gasteiger partial charge in [-0.2, -0.15) is 11.8 Å². The number of ether oxygens (including phenoxy) is 1. The molecule has 0 aromatic heterocycles. The summed E-state index contributed by atoms with van der Waals surface area (Å²) in [5.74, 6) is 1.42. The van der Waals surface area contributed by atoms with Crippen LogP contribution in [0.5, 0.6) is 0 Å². The summed E-state index contributed by atoms with van der Waals surface area (Å²) in [4.78, 5) is 12.0. The first-order chi connectivity index (χ1) is 8.16. The molecule has 1 atom stereocenters. The van der Waals surface area contributed by atoms with Crippen molar-refractivity contribution in [2.45, 2.75) is 12.5 Å². The number of ketones is 1. The molecular formula is C12H12BrFO2S. The van der Waals surface area contributed by atoms with E-state index in [1.54, 1.807) is 17.8 Å². The standard InChI is InChI=1S/C12H12BrFO2S/c13-10-6-9(14)2-1-8(10)5-11(15)12-7-17-4-3-16-12/h1-2,6,12H,3-5,7H2. The molecule has 0 radical (unpaired) electrons. The zero-order valence-corrected chi connectivity index (χ0v) is 11.5. The zero-order chi connectivity index (χ0) is 12.3. The third-order valence-corrected chi connectivity index (χ3v) is 4.29. The summed E-state index contributed by atoms with van der Waals surface area (Å²) >= 11 is 4.99. The molecule has 2 rings (SSSR count). The summed E-state index contributed by atoms with van der Waals surface area (Å²) in [5.41, 5.74) is 0.801. The van der Waals surface area contributed by atoms with Crippen LogP contribution in [-0.4, -0.2) is 30.0 Å². The molecule has 17 heavy (non-hydrogen) atoms. The number of thioether (sulfide) groups is 1. The van der Waals surface area contributed by atoms with Gasteiger partial charge in [-0.25, -0.2) is 4.39 Å². The molecule has 1 fully saturated rings. The van der Waals surface area contributed by atoms with Crippen molar-refractivity contribution in [1.82, 2.24) is 0 Å². The van der Waals surface area contributed by atoms with Crippen LogP contribution in [0.1, 0.15) is 5.56 Å². The van der Waals surface area contributed by atoms with Gasteiger partial charge in [-0.3, -0.25) is 4.79 Å². The number of halogens is 2. The lowest BCUT2D eigenvalue weighted by Crippen LogP contribution is -2.32. The van der Waals surface area contributed by atoms with E-state index in [1.165, 1.54) is 12.1 Å². The second-order valence-electron chi connectivity index (χ2n) is 3.81. The van der Waals surface area contributed by atoms with E-state index in [1.807, 2.05) is 0 Å². The van der Waals surface area contributed by atoms with Crippen molar-refractivity contribution < 1.29 is 13.9 Å². The summed E-state index contributed by atoms with van der Waals surface area (Å²) in [6.07, 6.45) is -0.0303. The maximum absolute atomic E-state index is 12.9. The van der Waals surface area contributed by atoms with E-state index in [-0.39, 0.29) is 24.1 Å². The lowest BCUT2D eigenvalue weighted by atomic mass is 10.1. The summed E-state index contributed by atoms with van der Waals surface area (Å²) in [7, 11) is 0. The topological polar surface area (TPSA) is 26.3 Å². The number of hydrogen-bond donors (Lipinski definition) is 0. The maximum atomic E-state index is 12.9. The lowest BCUT2D eigenvalue weighted by Gasteiger charge is -2.21. The molecule has 0 bridgehead atoms. The van der Waals surface area contributed by atoms with E-state index in [4.69, 9.17) is 4.74 Å². The highest BCUT2D eigenvalue weighted by Gasteiger charge is 2.22. The fourth-order valence-electron chi connectivity index (χ4n) is 1.64. The minimum atomic E-state index is -0.314. The van der Waals surface area contributed by atoms with Crippen molar-refractivity contribution >= 4 is 33.5 Å². The zero-order valence-electron chi connectivity index (χ0n) is 9.12. The molecule has 1 aliphatic heterocycles. The van der Waals surface area contributed by atoms with E-state index in [0.717, 1.165) is 17.1 Å². The summed E-state index contributed by atoms with van der Waals surface area (Å²) in [5, 5.41) is 0. The van der Waals surface area contributed by atoms with Crippen molar-refractivity contribution in [1.29, 1.82) is 0 Å². The van der Waals surface area contributed by atoms with E-state index in [9.17, 15) is 9.18 Å². The van der Waals surface area contributed by atoms with Crippen LogP contribution >= 0.6 is 27.7 Å². The molecule has 5 heteroatoms. The van der Waals surface area contributed by atoms with Crippen LogP contribution in [0.25, 0.3) is 0 Å². The van der Waals surface area contributed by atoms with Crippen molar-refractivity contribution in [3.63, 3.8) is 0 Å². The Morgan fingerprint density at radius 1 is 1.59 bits per heavy atom. The van der Waals surface area contributed by atoms with E-state index < -0.39 is 0 Å². The van der Waals surface area contributed by atoms with Crippen LogP contribution in [0.4, 0.5) is 4.39 Å². The molecule has 1 saturated heterocycles. The SMILES string of the molecule is O=C(Cc1ccc(F)cc1Br)C1CSCCO1. The number of hydrogen-bond acceptors (Lipinski definition) is 3. The Morgan fingerprint density at radius 3 is 3.06 bits per heavy atom. The highest BCUT2D eigenvalue weighted by atomic mass is 79.9. The van der Waals surface area contributed by atoms with Crippen molar-refractivity contribution in [3.05, 3.63) is 34.1 Å². The van der Waals surface area contributed by atoms with Crippen LogP contribution in [-0.2, 0) is 16.0 Å². The summed E-state index contributed by atoms with van der Waals surface area (Å²) in [6.45, 7) is 0.631. The van der Waals surface area contributed by atoms with E-state index >= 15 is 0 Å². The molecule has 0 aliphatic carbocycles. The van der Waals surface area contributed by atoms with Crippen molar-refractivity contribution in [2.24, 2.45) is 0 Å². The van der Waals surface area contributed by atoms with Crippen LogP contribution < -0.4 is 0 Å². The molecule has 0 amide bonds. The first-order valence-electron chi connectivity index (χ1n) is 5.33. The van der Waals surface area contributed by atoms with Crippen molar-refractivity contribution in [2.75, 3.05) is 18.1 Å². The fraction of sp³-hybridized carbons (Fsp3) is 0.417. The van der Waals surface area contributed by atoms with Gasteiger partial charge in [-0.05, 0) is 17.7 Å². The van der Waals surface area contributed by atoms with Gasteiger partial charge in [-0.15, -0.1) is 0 Å². The molecule has 1 unspecified atom stereocenters. The molecule has 0 saturated carbocycles. The van der Waals surface area contributed by atoms with Gasteiger partial charge in [0.15, 0.2) is 5.78 Å². The Bertz CT molecular complexity index is 419. The summed E-state index contributed by atoms with van der Waals surface area (Å²) < 4.78 is 18.9. The van der Waals surface area contributed by atoms with E-state index in [2.05, 4.69) is 15.9 Å². The Balaban J connectivity index is 2.02. The van der Waals surface area contributed by atoms with Crippen LogP contribution in [0, 0.1) is 5.82 Å². The van der Waals surface area contributed by atoms with Gasteiger partial charge in [0, 0.05) is 22.4 Å². The fourth-order valence-corrected chi connectivity index (χ4v) is 3.01. The van der Waals surface area contributed by atoms with Gasteiger partial charge in [-0.1, -0.05) is 22.0 Å². The smallest absolute Gasteiger partial charge is 0.166 e. The van der Waals surface area contributed by atoms with Gasteiger partial charge < -0.3 is 4.74 Å². The monoisotopic (exact) mass is 318 g/mol. The minimum absolute atomic E-state index is 0.0597. The molecule has 1 aromatic carbocycles. The minimum Gasteiger partial charge on any atom is -0.369 e. The Kier molecular flexibility index (Phi) is 4.59. The average Bonchev–Trinajstić information content (AvgIpc) is 2.34. The predicted octanol–water partition coefficient (Wildman–Crippen LogP) is 2.83. The molecule has 0 spiro atoms. The average molecular weight is 319 g/mol. The molecule has 0 N–H and O–H groups in total. The number of carbonyl (C=O) groups excluding carboxylic acids is 1. The van der Waals surface area contributed by atoms with Gasteiger partial charge in [0.25, 0.3) is 0 Å². The third kappa shape index (κ3) is 3.53. The first-order valence-corrected chi connectivity index (χ1v) is 7.27. The molecular weight excluding hydrogens is 307 g/mol. The van der Waals surface area contributed by atoms with Crippen LogP contribution in [0.15, 0.2) is 22.7 Å². The van der Waals surface area contributed by atoms with Gasteiger partial charge in [0.05, 0.1) is 6.61 Å². The van der Waals surface area contributed by atoms with Gasteiger partial charge >= 0.3 is 0 Å². The molecule has 2 nitrogen and oxygen atoms in total. The summed E-state index contributed by atoms with van der Waals surface area (Å²) in [6, 6.07) is 4.37.